The second-order valence-corrected chi connectivity index (χ2v) is 6.31. The number of hydrogen-bond donors (Lipinski definition) is 1. The molecule has 128 valence electrons. The molecule has 1 N–H and O–H groups in total. The van der Waals surface area contributed by atoms with Crippen LogP contribution in [0, 0.1) is 0 Å². The van der Waals surface area contributed by atoms with Gasteiger partial charge in [-0.1, -0.05) is 41.4 Å². The molecule has 0 unspecified atom stereocenters. The molecule has 0 aliphatic heterocycles. The lowest BCUT2D eigenvalue weighted by Gasteiger charge is -2.08. The summed E-state index contributed by atoms with van der Waals surface area (Å²) in [7, 11) is 0. The number of hydrogen-bond acceptors (Lipinski definition) is 3. The van der Waals surface area contributed by atoms with Crippen LogP contribution in [0.15, 0.2) is 48.8 Å². The SMILES string of the molecule is CCn1cnnc1-c1cccc(NC(=O)Cc2ccc(Cl)c(Cl)c2)c1. The summed E-state index contributed by atoms with van der Waals surface area (Å²) in [5.74, 6) is 0.635. The van der Waals surface area contributed by atoms with Gasteiger partial charge in [-0.15, -0.1) is 10.2 Å². The molecule has 0 spiro atoms. The number of benzene rings is 2. The molecule has 1 amide bonds. The lowest BCUT2D eigenvalue weighted by atomic mass is 10.1. The molecule has 0 aliphatic rings. The van der Waals surface area contributed by atoms with Crippen LogP contribution in [-0.2, 0) is 17.8 Å². The number of nitrogens with zero attached hydrogens (tertiary/aromatic N) is 3. The molecule has 3 aromatic rings. The van der Waals surface area contributed by atoms with Crippen LogP contribution < -0.4 is 5.32 Å². The Kier molecular flexibility index (Phi) is 5.36. The maximum Gasteiger partial charge on any atom is 0.228 e. The van der Waals surface area contributed by atoms with E-state index in [1.54, 1.807) is 24.5 Å². The van der Waals surface area contributed by atoms with E-state index in [-0.39, 0.29) is 12.3 Å². The largest absolute Gasteiger partial charge is 0.326 e. The smallest absolute Gasteiger partial charge is 0.228 e. The van der Waals surface area contributed by atoms with Gasteiger partial charge in [0, 0.05) is 17.8 Å². The topological polar surface area (TPSA) is 59.8 Å². The van der Waals surface area contributed by atoms with Crippen LogP contribution in [0.2, 0.25) is 10.0 Å². The van der Waals surface area contributed by atoms with Gasteiger partial charge in [0.2, 0.25) is 5.91 Å². The van der Waals surface area contributed by atoms with Gasteiger partial charge in [0.1, 0.15) is 6.33 Å². The van der Waals surface area contributed by atoms with Crippen molar-refractivity contribution in [3.05, 3.63) is 64.4 Å². The molecule has 7 heteroatoms. The molecule has 3 rings (SSSR count). The molecule has 0 atom stereocenters. The molecule has 0 saturated heterocycles. The zero-order valence-corrected chi connectivity index (χ0v) is 15.1. The highest BCUT2D eigenvalue weighted by atomic mass is 35.5. The van der Waals surface area contributed by atoms with Gasteiger partial charge in [-0.25, -0.2) is 0 Å². The fourth-order valence-corrected chi connectivity index (χ4v) is 2.81. The summed E-state index contributed by atoms with van der Waals surface area (Å²) in [4.78, 5) is 12.3. The van der Waals surface area contributed by atoms with Crippen LogP contribution in [0.1, 0.15) is 12.5 Å². The van der Waals surface area contributed by atoms with Gasteiger partial charge in [-0.05, 0) is 36.8 Å². The van der Waals surface area contributed by atoms with E-state index >= 15 is 0 Å². The molecular weight excluding hydrogens is 359 g/mol. The molecule has 2 aromatic carbocycles. The van der Waals surface area contributed by atoms with Gasteiger partial charge < -0.3 is 9.88 Å². The molecule has 5 nitrogen and oxygen atoms in total. The van der Waals surface area contributed by atoms with E-state index in [1.165, 1.54) is 0 Å². The molecular formula is C18H16Cl2N4O. The number of halogens is 2. The van der Waals surface area contributed by atoms with Crippen LogP contribution in [0.5, 0.6) is 0 Å². The maximum absolute atomic E-state index is 12.3. The van der Waals surface area contributed by atoms with E-state index in [0.717, 1.165) is 23.5 Å². The van der Waals surface area contributed by atoms with Gasteiger partial charge in [0.15, 0.2) is 5.82 Å². The molecule has 0 fully saturated rings. The van der Waals surface area contributed by atoms with Crippen molar-refractivity contribution in [1.82, 2.24) is 14.8 Å². The van der Waals surface area contributed by atoms with Crippen molar-refractivity contribution >= 4 is 34.8 Å². The first-order valence-electron chi connectivity index (χ1n) is 7.79. The van der Waals surface area contributed by atoms with E-state index < -0.39 is 0 Å². The van der Waals surface area contributed by atoms with Crippen LogP contribution in [0.4, 0.5) is 5.69 Å². The summed E-state index contributed by atoms with van der Waals surface area (Å²) in [6, 6.07) is 12.7. The van der Waals surface area contributed by atoms with Crippen LogP contribution in [0.25, 0.3) is 11.4 Å². The van der Waals surface area contributed by atoms with Gasteiger partial charge in [-0.2, -0.15) is 0 Å². The Labute approximate surface area is 155 Å². The molecule has 0 radical (unpaired) electrons. The molecule has 1 heterocycles. The third kappa shape index (κ3) is 4.18. The first-order chi connectivity index (χ1) is 12.1. The van der Waals surface area contributed by atoms with Crippen molar-refractivity contribution < 1.29 is 4.79 Å². The maximum atomic E-state index is 12.3. The number of nitrogens with one attached hydrogen (secondary N) is 1. The first kappa shape index (κ1) is 17.5. The number of carbonyl (C=O) groups excluding carboxylic acids is 1. The Bertz CT molecular complexity index is 908. The van der Waals surface area contributed by atoms with E-state index in [1.807, 2.05) is 35.8 Å². The van der Waals surface area contributed by atoms with Crippen molar-refractivity contribution in [3.8, 4) is 11.4 Å². The Balaban J connectivity index is 1.73. The fraction of sp³-hybridized carbons (Fsp3) is 0.167. The average Bonchev–Trinajstić information content (AvgIpc) is 3.07. The minimum Gasteiger partial charge on any atom is -0.326 e. The van der Waals surface area contributed by atoms with Crippen molar-refractivity contribution in [2.45, 2.75) is 19.9 Å². The molecule has 1 aromatic heterocycles. The zero-order valence-electron chi connectivity index (χ0n) is 13.5. The Hall–Kier alpha value is -2.37. The number of carbonyl (C=O) groups is 1. The summed E-state index contributed by atoms with van der Waals surface area (Å²) in [6.45, 7) is 2.80. The minimum atomic E-state index is -0.132. The highest BCUT2D eigenvalue weighted by molar-refractivity contribution is 6.42. The number of aryl methyl sites for hydroxylation is 1. The highest BCUT2D eigenvalue weighted by Crippen LogP contribution is 2.24. The molecule has 0 bridgehead atoms. The standard InChI is InChI=1S/C18H16Cl2N4O/c1-2-24-11-21-23-18(24)13-4-3-5-14(10-13)22-17(25)9-12-6-7-15(19)16(20)8-12/h3-8,10-11H,2,9H2,1H3,(H,22,25). The highest BCUT2D eigenvalue weighted by Gasteiger charge is 2.09. The molecule has 0 aliphatic carbocycles. The van der Waals surface area contributed by atoms with Gasteiger partial charge in [0.25, 0.3) is 0 Å². The van der Waals surface area contributed by atoms with Crippen molar-refractivity contribution in [1.29, 1.82) is 0 Å². The monoisotopic (exact) mass is 374 g/mol. The van der Waals surface area contributed by atoms with Gasteiger partial charge in [-0.3, -0.25) is 4.79 Å². The van der Waals surface area contributed by atoms with Crippen LogP contribution in [0.3, 0.4) is 0 Å². The summed E-state index contributed by atoms with van der Waals surface area (Å²) in [6.07, 6.45) is 1.90. The minimum absolute atomic E-state index is 0.132. The number of amides is 1. The van der Waals surface area contributed by atoms with Gasteiger partial charge in [0.05, 0.1) is 16.5 Å². The Morgan fingerprint density at radius 3 is 2.76 bits per heavy atom. The lowest BCUT2D eigenvalue weighted by molar-refractivity contribution is -0.115. The number of aromatic nitrogens is 3. The normalized spacial score (nSPS) is 10.7. The molecule has 25 heavy (non-hydrogen) atoms. The van der Waals surface area contributed by atoms with Gasteiger partial charge >= 0.3 is 0 Å². The van der Waals surface area contributed by atoms with E-state index in [9.17, 15) is 4.79 Å². The summed E-state index contributed by atoms with van der Waals surface area (Å²) >= 11 is 11.9. The number of anilines is 1. The van der Waals surface area contributed by atoms with E-state index in [4.69, 9.17) is 23.2 Å². The van der Waals surface area contributed by atoms with Crippen LogP contribution in [-0.4, -0.2) is 20.7 Å². The predicted octanol–water partition coefficient (Wildman–Crippen LogP) is 4.45. The third-order valence-electron chi connectivity index (χ3n) is 3.71. The summed E-state index contributed by atoms with van der Waals surface area (Å²) < 4.78 is 1.94. The first-order valence-corrected chi connectivity index (χ1v) is 8.54. The Morgan fingerprint density at radius 1 is 1.16 bits per heavy atom. The summed E-state index contributed by atoms with van der Waals surface area (Å²) in [5, 5.41) is 11.9. The van der Waals surface area contributed by atoms with E-state index in [2.05, 4.69) is 15.5 Å². The third-order valence-corrected chi connectivity index (χ3v) is 4.45. The van der Waals surface area contributed by atoms with E-state index in [0.29, 0.717) is 15.7 Å². The second kappa shape index (κ2) is 7.68. The molecule has 0 saturated carbocycles. The van der Waals surface area contributed by atoms with Crippen LogP contribution >= 0.6 is 23.2 Å². The number of rotatable bonds is 5. The Morgan fingerprint density at radius 2 is 2.00 bits per heavy atom. The quantitative estimate of drug-likeness (QED) is 0.717. The predicted molar refractivity (Wildman–Crippen MR) is 99.9 cm³/mol. The summed E-state index contributed by atoms with van der Waals surface area (Å²) in [5.41, 5.74) is 2.40. The van der Waals surface area contributed by atoms with Crippen molar-refractivity contribution in [3.63, 3.8) is 0 Å². The fourth-order valence-electron chi connectivity index (χ4n) is 2.49. The second-order valence-electron chi connectivity index (χ2n) is 5.49. The van der Waals surface area contributed by atoms with Crippen molar-refractivity contribution in [2.75, 3.05) is 5.32 Å². The van der Waals surface area contributed by atoms with Crippen molar-refractivity contribution in [2.24, 2.45) is 0 Å². The zero-order chi connectivity index (χ0) is 17.8. The average molecular weight is 375 g/mol. The lowest BCUT2D eigenvalue weighted by Crippen LogP contribution is -2.14.